The maximum absolute atomic E-state index is 12.8. The minimum atomic E-state index is -3.53. The Bertz CT molecular complexity index is 1230. The zero-order chi connectivity index (χ0) is 20.5. The van der Waals surface area contributed by atoms with Crippen LogP contribution in [0.3, 0.4) is 0 Å². The number of carbonyl (C=O) groups is 1. The van der Waals surface area contributed by atoms with Crippen molar-refractivity contribution in [2.24, 2.45) is 4.99 Å². The molecule has 0 aliphatic rings. The van der Waals surface area contributed by atoms with Gasteiger partial charge in [-0.3, -0.25) is 4.79 Å². The van der Waals surface area contributed by atoms with E-state index in [1.165, 1.54) is 29.0 Å². The number of allylic oxidation sites excluding steroid dienone is 1. The third-order valence-electron chi connectivity index (χ3n) is 4.40. The number of sulfone groups is 1. The third-order valence-corrected chi connectivity index (χ3v) is 6.60. The largest absolute Gasteiger partial charge is 0.312 e. The maximum Gasteiger partial charge on any atom is 0.280 e. The molecule has 1 aromatic heterocycles. The summed E-state index contributed by atoms with van der Waals surface area (Å²) in [7, 11) is -3.53. The van der Waals surface area contributed by atoms with E-state index in [2.05, 4.69) is 37.6 Å². The van der Waals surface area contributed by atoms with Gasteiger partial charge in [0.1, 0.15) is 0 Å². The van der Waals surface area contributed by atoms with E-state index in [1.54, 1.807) is 18.2 Å². The number of thiazole rings is 1. The van der Waals surface area contributed by atoms with Gasteiger partial charge >= 0.3 is 0 Å². The summed E-state index contributed by atoms with van der Waals surface area (Å²) in [6.07, 6.45) is 2.83. The molecule has 0 aliphatic carbocycles. The summed E-state index contributed by atoms with van der Waals surface area (Å²) < 4.78 is 27.0. The molecule has 0 saturated carbocycles. The van der Waals surface area contributed by atoms with Gasteiger partial charge in [-0.05, 0) is 35.7 Å². The molecule has 146 valence electrons. The summed E-state index contributed by atoms with van der Waals surface area (Å²) in [4.78, 5) is 17.6. The minimum absolute atomic E-state index is 0.0118. The highest BCUT2D eigenvalue weighted by molar-refractivity contribution is 7.90. The van der Waals surface area contributed by atoms with Crippen molar-refractivity contribution in [3.63, 3.8) is 0 Å². The van der Waals surface area contributed by atoms with Gasteiger partial charge in [0.25, 0.3) is 5.91 Å². The summed E-state index contributed by atoms with van der Waals surface area (Å²) in [5, 5.41) is 0. The Balaban J connectivity index is 2.20. The molecule has 5 nitrogen and oxygen atoms in total. The van der Waals surface area contributed by atoms with E-state index in [4.69, 9.17) is 0 Å². The lowest BCUT2D eigenvalue weighted by Gasteiger charge is -2.06. The van der Waals surface area contributed by atoms with Gasteiger partial charge in [0.2, 0.25) is 0 Å². The molecule has 0 aliphatic heterocycles. The van der Waals surface area contributed by atoms with Crippen molar-refractivity contribution in [3.05, 3.63) is 71.0 Å². The van der Waals surface area contributed by atoms with Crippen LogP contribution in [-0.2, 0) is 16.4 Å². The van der Waals surface area contributed by atoms with Gasteiger partial charge in [-0.25, -0.2) is 8.42 Å². The molecule has 3 rings (SSSR count). The lowest BCUT2D eigenvalue weighted by atomic mass is 10.0. The second-order valence-corrected chi connectivity index (χ2v) is 9.84. The number of amides is 1. The number of benzene rings is 2. The molecule has 1 heterocycles. The topological polar surface area (TPSA) is 68.5 Å². The Morgan fingerprint density at radius 3 is 2.61 bits per heavy atom. The molecule has 0 atom stereocenters. The van der Waals surface area contributed by atoms with Crippen LogP contribution < -0.4 is 4.80 Å². The first-order chi connectivity index (χ1) is 13.2. The van der Waals surface area contributed by atoms with E-state index in [9.17, 15) is 13.2 Å². The highest BCUT2D eigenvalue weighted by atomic mass is 32.2. The molecule has 0 fully saturated rings. The molecule has 3 aromatic rings. The first-order valence-corrected chi connectivity index (χ1v) is 11.6. The molecule has 1 amide bonds. The van der Waals surface area contributed by atoms with Crippen LogP contribution in [0.25, 0.3) is 10.2 Å². The predicted octanol–water partition coefficient (Wildman–Crippen LogP) is 4.16. The van der Waals surface area contributed by atoms with E-state index >= 15 is 0 Å². The van der Waals surface area contributed by atoms with Crippen molar-refractivity contribution in [1.29, 1.82) is 0 Å². The van der Waals surface area contributed by atoms with Crippen molar-refractivity contribution < 1.29 is 13.2 Å². The van der Waals surface area contributed by atoms with Gasteiger partial charge in [-0.2, -0.15) is 4.99 Å². The smallest absolute Gasteiger partial charge is 0.280 e. The van der Waals surface area contributed by atoms with E-state index < -0.39 is 15.7 Å². The average molecular weight is 415 g/mol. The first kappa shape index (κ1) is 20.2. The SMILES string of the molecule is C=CCn1c(=NC(=O)c2ccccc2S(C)(=O)=O)sc2cc(C(C)C)ccc21. The van der Waals surface area contributed by atoms with Gasteiger partial charge in [-0.15, -0.1) is 6.58 Å². The van der Waals surface area contributed by atoms with Crippen LogP contribution in [0.5, 0.6) is 0 Å². The second-order valence-electron chi connectivity index (χ2n) is 6.85. The van der Waals surface area contributed by atoms with Gasteiger partial charge < -0.3 is 4.57 Å². The lowest BCUT2D eigenvalue weighted by molar-refractivity contribution is 0.0994. The quantitative estimate of drug-likeness (QED) is 0.589. The summed E-state index contributed by atoms with van der Waals surface area (Å²) >= 11 is 1.41. The van der Waals surface area contributed by atoms with E-state index in [1.807, 2.05) is 10.6 Å². The fourth-order valence-corrected chi connectivity index (χ4v) is 4.92. The van der Waals surface area contributed by atoms with Crippen LogP contribution in [0.1, 0.15) is 35.7 Å². The fraction of sp³-hybridized carbons (Fsp3) is 0.238. The third kappa shape index (κ3) is 4.00. The molecule has 28 heavy (non-hydrogen) atoms. The van der Waals surface area contributed by atoms with Crippen molar-refractivity contribution in [2.75, 3.05) is 6.26 Å². The van der Waals surface area contributed by atoms with Crippen LogP contribution >= 0.6 is 11.3 Å². The maximum atomic E-state index is 12.8. The van der Waals surface area contributed by atoms with Gasteiger partial charge in [0.05, 0.1) is 20.7 Å². The molecule has 0 saturated heterocycles. The van der Waals surface area contributed by atoms with Crippen LogP contribution in [-0.4, -0.2) is 25.1 Å². The number of carbonyl (C=O) groups excluding carboxylic acids is 1. The normalized spacial score (nSPS) is 12.6. The number of hydrogen-bond donors (Lipinski definition) is 0. The Kier molecular flexibility index (Phi) is 5.67. The van der Waals surface area contributed by atoms with Crippen LogP contribution in [0.15, 0.2) is 65.0 Å². The van der Waals surface area contributed by atoms with Crippen molar-refractivity contribution in [1.82, 2.24) is 4.57 Å². The Labute approximate surface area is 168 Å². The average Bonchev–Trinajstić information content (AvgIpc) is 2.97. The number of aromatic nitrogens is 1. The Morgan fingerprint density at radius 1 is 1.25 bits per heavy atom. The lowest BCUT2D eigenvalue weighted by Crippen LogP contribution is -2.17. The molecule has 7 heteroatoms. The van der Waals surface area contributed by atoms with Gasteiger partial charge in [0, 0.05) is 12.8 Å². The monoisotopic (exact) mass is 414 g/mol. The number of fused-ring (bicyclic) bond motifs is 1. The molecule has 0 spiro atoms. The molecule has 2 aromatic carbocycles. The van der Waals surface area contributed by atoms with E-state index in [0.717, 1.165) is 16.5 Å². The van der Waals surface area contributed by atoms with E-state index in [-0.39, 0.29) is 10.5 Å². The molecule has 0 radical (unpaired) electrons. The number of hydrogen-bond acceptors (Lipinski definition) is 4. The van der Waals surface area contributed by atoms with Crippen LogP contribution in [0.4, 0.5) is 0 Å². The number of rotatable bonds is 5. The molecule has 0 unspecified atom stereocenters. The number of nitrogens with zero attached hydrogens (tertiary/aromatic N) is 2. The Hall–Kier alpha value is -2.51. The first-order valence-electron chi connectivity index (χ1n) is 8.84. The minimum Gasteiger partial charge on any atom is -0.312 e. The fourth-order valence-electron chi connectivity index (χ4n) is 2.95. The van der Waals surface area contributed by atoms with Crippen LogP contribution in [0.2, 0.25) is 0 Å². The van der Waals surface area contributed by atoms with Gasteiger partial charge in [-0.1, -0.05) is 49.5 Å². The summed E-state index contributed by atoms with van der Waals surface area (Å²) in [5.41, 5.74) is 2.26. The molecule has 0 bridgehead atoms. The van der Waals surface area contributed by atoms with Crippen LogP contribution in [0, 0.1) is 0 Å². The zero-order valence-corrected chi connectivity index (χ0v) is 17.7. The second kappa shape index (κ2) is 7.85. The van der Waals surface area contributed by atoms with Gasteiger partial charge in [0.15, 0.2) is 14.6 Å². The zero-order valence-electron chi connectivity index (χ0n) is 16.0. The molecular weight excluding hydrogens is 392 g/mol. The summed E-state index contributed by atoms with van der Waals surface area (Å²) in [6, 6.07) is 12.4. The summed E-state index contributed by atoms with van der Waals surface area (Å²) in [6.45, 7) is 8.55. The highest BCUT2D eigenvalue weighted by Gasteiger charge is 2.18. The van der Waals surface area contributed by atoms with Crippen molar-refractivity contribution in [3.8, 4) is 0 Å². The standard InChI is InChI=1S/C21H22N2O3S2/c1-5-12-23-17-11-10-15(14(2)3)13-18(17)27-21(23)22-20(24)16-8-6-7-9-19(16)28(4,25)26/h5-11,13-14H,1,12H2,2-4H3. The molecule has 0 N–H and O–H groups in total. The Morgan fingerprint density at radius 2 is 1.96 bits per heavy atom. The van der Waals surface area contributed by atoms with Crippen molar-refractivity contribution >= 4 is 37.3 Å². The van der Waals surface area contributed by atoms with Crippen molar-refractivity contribution in [2.45, 2.75) is 31.2 Å². The molecular formula is C21H22N2O3S2. The predicted molar refractivity (Wildman–Crippen MR) is 114 cm³/mol. The summed E-state index contributed by atoms with van der Waals surface area (Å²) in [5.74, 6) is -0.183. The van der Waals surface area contributed by atoms with E-state index in [0.29, 0.717) is 17.3 Å². The highest BCUT2D eigenvalue weighted by Crippen LogP contribution is 2.24.